The molecule has 5 rings (SSSR count). The molecule has 0 saturated carbocycles. The summed E-state index contributed by atoms with van der Waals surface area (Å²) in [4.78, 5) is 12.9. The Bertz CT molecular complexity index is 1190. The summed E-state index contributed by atoms with van der Waals surface area (Å²) in [5, 5.41) is 4.11. The van der Waals surface area contributed by atoms with E-state index in [0.717, 1.165) is 33.5 Å². The quantitative estimate of drug-likeness (QED) is 0.521. The van der Waals surface area contributed by atoms with E-state index in [4.69, 9.17) is 13.9 Å². The SMILES string of the molecule is Cn1cc(C(CC(=O)NCc2ccco2)c2ccc3c(c2)OCO3)c2ccccc21. The van der Waals surface area contributed by atoms with E-state index in [-0.39, 0.29) is 18.6 Å². The average Bonchev–Trinajstić information content (AvgIpc) is 3.51. The van der Waals surface area contributed by atoms with Gasteiger partial charge in [-0.25, -0.2) is 0 Å². The first-order valence-electron chi connectivity index (χ1n) is 9.91. The highest BCUT2D eigenvalue weighted by molar-refractivity contribution is 5.86. The summed E-state index contributed by atoms with van der Waals surface area (Å²) in [7, 11) is 2.03. The Balaban J connectivity index is 1.49. The molecular formula is C24H22N2O4. The van der Waals surface area contributed by atoms with Crippen molar-refractivity contribution in [2.24, 2.45) is 7.05 Å². The zero-order valence-corrected chi connectivity index (χ0v) is 16.6. The summed E-state index contributed by atoms with van der Waals surface area (Å²) in [5.41, 5.74) is 3.26. The second-order valence-corrected chi connectivity index (χ2v) is 7.44. The van der Waals surface area contributed by atoms with Gasteiger partial charge in [-0.2, -0.15) is 0 Å². The lowest BCUT2D eigenvalue weighted by molar-refractivity contribution is -0.121. The average molecular weight is 402 g/mol. The number of ether oxygens (including phenoxy) is 2. The summed E-state index contributed by atoms with van der Waals surface area (Å²) < 4.78 is 18.5. The second-order valence-electron chi connectivity index (χ2n) is 7.44. The molecule has 0 spiro atoms. The van der Waals surface area contributed by atoms with E-state index in [0.29, 0.717) is 18.7 Å². The van der Waals surface area contributed by atoms with E-state index in [2.05, 4.69) is 28.2 Å². The molecule has 3 heterocycles. The summed E-state index contributed by atoms with van der Waals surface area (Å²) in [6.45, 7) is 0.594. The molecule has 0 fully saturated rings. The number of carbonyl (C=O) groups is 1. The highest BCUT2D eigenvalue weighted by Crippen LogP contribution is 2.39. The minimum atomic E-state index is -0.123. The Morgan fingerprint density at radius 1 is 1.10 bits per heavy atom. The van der Waals surface area contributed by atoms with Gasteiger partial charge in [-0.3, -0.25) is 4.79 Å². The topological polar surface area (TPSA) is 65.6 Å². The number of amides is 1. The lowest BCUT2D eigenvalue weighted by atomic mass is 9.87. The highest BCUT2D eigenvalue weighted by atomic mass is 16.7. The minimum Gasteiger partial charge on any atom is -0.467 e. The first-order chi connectivity index (χ1) is 14.7. The lowest BCUT2D eigenvalue weighted by Gasteiger charge is -2.17. The highest BCUT2D eigenvalue weighted by Gasteiger charge is 2.24. The molecule has 0 radical (unpaired) electrons. The molecule has 1 atom stereocenters. The molecule has 4 aromatic rings. The number of carbonyl (C=O) groups excluding carboxylic acids is 1. The Labute approximate surface area is 174 Å². The molecule has 1 aliphatic heterocycles. The van der Waals surface area contributed by atoms with Crippen LogP contribution in [0.15, 0.2) is 71.5 Å². The van der Waals surface area contributed by atoms with Gasteiger partial charge < -0.3 is 23.8 Å². The fourth-order valence-electron chi connectivity index (χ4n) is 4.04. The lowest BCUT2D eigenvalue weighted by Crippen LogP contribution is -2.24. The first kappa shape index (κ1) is 18.4. The molecule has 152 valence electrons. The molecule has 0 bridgehead atoms. The van der Waals surface area contributed by atoms with Crippen molar-refractivity contribution < 1.29 is 18.7 Å². The van der Waals surface area contributed by atoms with E-state index >= 15 is 0 Å². The van der Waals surface area contributed by atoms with Crippen molar-refractivity contribution in [3.05, 3.63) is 83.9 Å². The van der Waals surface area contributed by atoms with Gasteiger partial charge in [-0.05, 0) is 41.5 Å². The zero-order valence-electron chi connectivity index (χ0n) is 16.6. The number of rotatable bonds is 6. The fourth-order valence-corrected chi connectivity index (χ4v) is 4.04. The summed E-state index contributed by atoms with van der Waals surface area (Å²) in [6, 6.07) is 17.8. The number of furan rings is 1. The Kier molecular flexibility index (Phi) is 4.67. The van der Waals surface area contributed by atoms with Crippen molar-refractivity contribution in [3.8, 4) is 11.5 Å². The summed E-state index contributed by atoms with van der Waals surface area (Å²) in [5.74, 6) is 2.02. The Morgan fingerprint density at radius 3 is 2.83 bits per heavy atom. The number of para-hydroxylation sites is 1. The van der Waals surface area contributed by atoms with Crippen LogP contribution >= 0.6 is 0 Å². The van der Waals surface area contributed by atoms with Gasteiger partial charge in [0.25, 0.3) is 0 Å². The fraction of sp³-hybridized carbons (Fsp3) is 0.208. The van der Waals surface area contributed by atoms with Crippen LogP contribution in [0.2, 0.25) is 0 Å². The Hall–Kier alpha value is -3.67. The van der Waals surface area contributed by atoms with Crippen LogP contribution in [0.5, 0.6) is 11.5 Å². The maximum absolute atomic E-state index is 12.9. The number of hydrogen-bond donors (Lipinski definition) is 1. The molecule has 1 amide bonds. The normalized spacial score (nSPS) is 13.5. The summed E-state index contributed by atoms with van der Waals surface area (Å²) >= 11 is 0. The first-order valence-corrected chi connectivity index (χ1v) is 9.91. The maximum atomic E-state index is 12.9. The van der Waals surface area contributed by atoms with E-state index in [1.165, 1.54) is 0 Å². The van der Waals surface area contributed by atoms with Crippen LogP contribution in [0.25, 0.3) is 10.9 Å². The third-order valence-electron chi connectivity index (χ3n) is 5.53. The third kappa shape index (κ3) is 3.41. The van der Waals surface area contributed by atoms with E-state index in [1.807, 2.05) is 49.5 Å². The number of nitrogens with one attached hydrogen (secondary N) is 1. The zero-order chi connectivity index (χ0) is 20.5. The minimum absolute atomic E-state index is 0.0398. The smallest absolute Gasteiger partial charge is 0.231 e. The Morgan fingerprint density at radius 2 is 1.97 bits per heavy atom. The molecule has 1 unspecified atom stereocenters. The van der Waals surface area contributed by atoms with Gasteiger partial charge >= 0.3 is 0 Å². The van der Waals surface area contributed by atoms with Gasteiger partial charge in [0.15, 0.2) is 11.5 Å². The monoisotopic (exact) mass is 402 g/mol. The van der Waals surface area contributed by atoms with Gasteiger partial charge in [0, 0.05) is 36.5 Å². The molecule has 2 aromatic carbocycles. The standard InChI is InChI=1S/C24H22N2O4/c1-26-14-20(18-6-2-3-7-21(18)26)19(12-24(27)25-13-17-5-4-10-28-17)16-8-9-22-23(11-16)30-15-29-22/h2-11,14,19H,12-13,15H2,1H3,(H,25,27). The van der Waals surface area contributed by atoms with Gasteiger partial charge in [0.2, 0.25) is 12.7 Å². The maximum Gasteiger partial charge on any atom is 0.231 e. The van der Waals surface area contributed by atoms with Crippen molar-refractivity contribution >= 4 is 16.8 Å². The number of hydrogen-bond acceptors (Lipinski definition) is 4. The molecule has 0 aliphatic carbocycles. The van der Waals surface area contributed by atoms with Crippen LogP contribution in [0.3, 0.4) is 0 Å². The molecule has 0 saturated heterocycles. The number of benzene rings is 2. The largest absolute Gasteiger partial charge is 0.467 e. The number of fused-ring (bicyclic) bond motifs is 2. The molecule has 1 N–H and O–H groups in total. The van der Waals surface area contributed by atoms with Crippen LogP contribution in [-0.4, -0.2) is 17.3 Å². The van der Waals surface area contributed by atoms with Crippen LogP contribution in [0, 0.1) is 0 Å². The molecule has 6 heteroatoms. The third-order valence-corrected chi connectivity index (χ3v) is 5.53. The van der Waals surface area contributed by atoms with E-state index in [1.54, 1.807) is 6.26 Å². The van der Waals surface area contributed by atoms with Crippen molar-refractivity contribution in [1.82, 2.24) is 9.88 Å². The van der Waals surface area contributed by atoms with Crippen LogP contribution in [0.1, 0.15) is 29.2 Å². The molecule has 6 nitrogen and oxygen atoms in total. The van der Waals surface area contributed by atoms with Crippen molar-refractivity contribution in [2.45, 2.75) is 18.9 Å². The summed E-state index contributed by atoms with van der Waals surface area (Å²) in [6.07, 6.45) is 4.03. The van der Waals surface area contributed by atoms with Gasteiger partial charge in [-0.15, -0.1) is 0 Å². The molecule has 30 heavy (non-hydrogen) atoms. The van der Waals surface area contributed by atoms with Gasteiger partial charge in [0.05, 0.1) is 12.8 Å². The van der Waals surface area contributed by atoms with E-state index < -0.39 is 0 Å². The van der Waals surface area contributed by atoms with Crippen LogP contribution in [0.4, 0.5) is 0 Å². The number of nitrogens with zero attached hydrogens (tertiary/aromatic N) is 1. The molecule has 1 aliphatic rings. The van der Waals surface area contributed by atoms with Crippen molar-refractivity contribution in [3.63, 3.8) is 0 Å². The van der Waals surface area contributed by atoms with Crippen molar-refractivity contribution in [2.75, 3.05) is 6.79 Å². The molecular weight excluding hydrogens is 380 g/mol. The predicted molar refractivity (Wildman–Crippen MR) is 112 cm³/mol. The van der Waals surface area contributed by atoms with Gasteiger partial charge in [0.1, 0.15) is 5.76 Å². The van der Waals surface area contributed by atoms with E-state index in [9.17, 15) is 4.79 Å². The van der Waals surface area contributed by atoms with Crippen LogP contribution in [-0.2, 0) is 18.4 Å². The number of aromatic nitrogens is 1. The number of aryl methyl sites for hydroxylation is 1. The van der Waals surface area contributed by atoms with Gasteiger partial charge in [-0.1, -0.05) is 24.3 Å². The predicted octanol–water partition coefficient (Wildman–Crippen LogP) is 4.34. The second kappa shape index (κ2) is 7.63. The van der Waals surface area contributed by atoms with Crippen molar-refractivity contribution in [1.29, 1.82) is 0 Å². The van der Waals surface area contributed by atoms with Crippen LogP contribution < -0.4 is 14.8 Å². The molecule has 2 aromatic heterocycles.